The predicted molar refractivity (Wildman–Crippen MR) is 40.6 cm³/mol. The molecule has 0 aromatic heterocycles. The summed E-state index contributed by atoms with van der Waals surface area (Å²) < 4.78 is 4.70. The lowest BCUT2D eigenvalue weighted by Crippen LogP contribution is -2.01. The zero-order valence-corrected chi connectivity index (χ0v) is 6.55. The summed E-state index contributed by atoms with van der Waals surface area (Å²) in [5.41, 5.74) is 0. The third kappa shape index (κ3) is 5.61. The third-order valence-electron chi connectivity index (χ3n) is 1.15. The number of methoxy groups -OCH3 is 1. The smallest absolute Gasteiger partial charge is 0.107 e. The Morgan fingerprint density at radius 1 is 1.50 bits per heavy atom. The second-order valence-corrected chi connectivity index (χ2v) is 2.05. The minimum Gasteiger partial charge on any atom is -0.392 e. The molecule has 58 valence electrons. The number of hydrogen-bond donors (Lipinski definition) is 1. The molecule has 0 heterocycles. The van der Waals surface area contributed by atoms with Crippen molar-refractivity contribution in [3.05, 3.63) is 0 Å². The molecule has 0 aromatic rings. The quantitative estimate of drug-likeness (QED) is 0.590. The van der Waals surface area contributed by atoms with Crippen LogP contribution in [0, 0.1) is 11.8 Å². The van der Waals surface area contributed by atoms with Gasteiger partial charge in [0, 0.05) is 13.5 Å². The van der Waals surface area contributed by atoms with Gasteiger partial charge in [0.05, 0.1) is 6.10 Å². The summed E-state index contributed by atoms with van der Waals surface area (Å²) in [6.45, 7) is 2.39. The molecule has 0 radical (unpaired) electrons. The zero-order valence-electron chi connectivity index (χ0n) is 6.55. The van der Waals surface area contributed by atoms with Crippen molar-refractivity contribution in [3.8, 4) is 11.8 Å². The van der Waals surface area contributed by atoms with Gasteiger partial charge in [0.1, 0.15) is 6.61 Å². The number of hydrogen-bond acceptors (Lipinski definition) is 2. The van der Waals surface area contributed by atoms with Crippen LogP contribution < -0.4 is 0 Å². The summed E-state index contributed by atoms with van der Waals surface area (Å²) in [5.74, 6) is 5.58. The van der Waals surface area contributed by atoms with Crippen molar-refractivity contribution in [3.63, 3.8) is 0 Å². The maximum Gasteiger partial charge on any atom is 0.107 e. The van der Waals surface area contributed by atoms with E-state index in [0.29, 0.717) is 13.0 Å². The van der Waals surface area contributed by atoms with E-state index < -0.39 is 0 Å². The highest BCUT2D eigenvalue weighted by Gasteiger charge is 1.94. The van der Waals surface area contributed by atoms with Gasteiger partial charge in [-0.25, -0.2) is 0 Å². The Morgan fingerprint density at radius 3 is 2.70 bits per heavy atom. The molecule has 0 bridgehead atoms. The summed E-state index contributed by atoms with van der Waals surface area (Å²) in [4.78, 5) is 0. The van der Waals surface area contributed by atoms with Gasteiger partial charge in [0.15, 0.2) is 0 Å². The van der Waals surface area contributed by atoms with E-state index in [1.165, 1.54) is 0 Å². The minimum atomic E-state index is -0.274. The second kappa shape index (κ2) is 6.60. The molecule has 0 spiro atoms. The highest BCUT2D eigenvalue weighted by atomic mass is 16.5. The van der Waals surface area contributed by atoms with E-state index in [1.54, 1.807) is 7.11 Å². The first-order valence-electron chi connectivity index (χ1n) is 3.44. The van der Waals surface area contributed by atoms with Crippen LogP contribution in [0.4, 0.5) is 0 Å². The van der Waals surface area contributed by atoms with Gasteiger partial charge in [-0.2, -0.15) is 0 Å². The maximum atomic E-state index is 9.01. The van der Waals surface area contributed by atoms with Crippen LogP contribution in [-0.2, 0) is 4.74 Å². The maximum absolute atomic E-state index is 9.01. The predicted octanol–water partition coefficient (Wildman–Crippen LogP) is 0.797. The van der Waals surface area contributed by atoms with Crippen molar-refractivity contribution in [2.45, 2.75) is 25.9 Å². The van der Waals surface area contributed by atoms with Gasteiger partial charge >= 0.3 is 0 Å². The van der Waals surface area contributed by atoms with E-state index in [-0.39, 0.29) is 6.10 Å². The van der Waals surface area contributed by atoms with Crippen LogP contribution >= 0.6 is 0 Å². The van der Waals surface area contributed by atoms with E-state index in [9.17, 15) is 0 Å². The molecule has 0 aliphatic heterocycles. The van der Waals surface area contributed by atoms with Gasteiger partial charge in [0.2, 0.25) is 0 Å². The highest BCUT2D eigenvalue weighted by molar-refractivity contribution is 5.00. The van der Waals surface area contributed by atoms with Crippen molar-refractivity contribution < 1.29 is 9.84 Å². The normalized spacial score (nSPS) is 11.9. The molecule has 0 saturated heterocycles. The molecule has 10 heavy (non-hydrogen) atoms. The van der Waals surface area contributed by atoms with Crippen LogP contribution in [0.15, 0.2) is 0 Å². The average Bonchev–Trinajstić information content (AvgIpc) is 1.98. The molecule has 0 aliphatic carbocycles. The van der Waals surface area contributed by atoms with E-state index in [2.05, 4.69) is 11.8 Å². The number of aliphatic hydroxyl groups excluding tert-OH is 1. The first-order valence-corrected chi connectivity index (χ1v) is 3.44. The molecular weight excluding hydrogens is 128 g/mol. The zero-order chi connectivity index (χ0) is 7.82. The van der Waals surface area contributed by atoms with Crippen LogP contribution in [-0.4, -0.2) is 24.9 Å². The fourth-order valence-electron chi connectivity index (χ4n) is 0.458. The van der Waals surface area contributed by atoms with E-state index in [1.807, 2.05) is 6.92 Å². The minimum absolute atomic E-state index is 0.274. The molecule has 0 rings (SSSR count). The second-order valence-electron chi connectivity index (χ2n) is 2.05. The first-order chi connectivity index (χ1) is 4.81. The summed E-state index contributed by atoms with van der Waals surface area (Å²) in [7, 11) is 1.60. The average molecular weight is 142 g/mol. The summed E-state index contributed by atoms with van der Waals surface area (Å²) >= 11 is 0. The summed E-state index contributed by atoms with van der Waals surface area (Å²) in [6, 6.07) is 0. The van der Waals surface area contributed by atoms with Crippen LogP contribution in [0.3, 0.4) is 0 Å². The molecule has 0 fully saturated rings. The standard InChI is InChI=1S/C8H14O2/c1-3-8(9)6-4-5-7-10-2/h8-9H,3,6-7H2,1-2H3. The monoisotopic (exact) mass is 142 g/mol. The molecule has 1 unspecified atom stereocenters. The fourth-order valence-corrected chi connectivity index (χ4v) is 0.458. The van der Waals surface area contributed by atoms with Gasteiger partial charge in [-0.05, 0) is 6.42 Å². The van der Waals surface area contributed by atoms with Gasteiger partial charge < -0.3 is 9.84 Å². The van der Waals surface area contributed by atoms with Crippen molar-refractivity contribution in [2.24, 2.45) is 0 Å². The van der Waals surface area contributed by atoms with Gasteiger partial charge in [-0.3, -0.25) is 0 Å². The van der Waals surface area contributed by atoms with Gasteiger partial charge in [-0.15, -0.1) is 0 Å². The van der Waals surface area contributed by atoms with E-state index in [4.69, 9.17) is 9.84 Å². The van der Waals surface area contributed by atoms with Crippen molar-refractivity contribution in [2.75, 3.05) is 13.7 Å². The number of aliphatic hydroxyl groups is 1. The highest BCUT2D eigenvalue weighted by Crippen LogP contribution is 1.93. The summed E-state index contributed by atoms with van der Waals surface area (Å²) in [5, 5.41) is 9.01. The molecule has 1 N–H and O–H groups in total. The van der Waals surface area contributed by atoms with Crippen LogP contribution in [0.1, 0.15) is 19.8 Å². The lowest BCUT2D eigenvalue weighted by molar-refractivity contribution is 0.176. The lowest BCUT2D eigenvalue weighted by atomic mass is 10.2. The molecule has 0 aliphatic rings. The Labute approximate surface area is 62.2 Å². The SMILES string of the molecule is CCC(O)CC#CCOC. The Balaban J connectivity index is 3.26. The molecular formula is C8H14O2. The van der Waals surface area contributed by atoms with Gasteiger partial charge in [-0.1, -0.05) is 18.8 Å². The molecule has 2 nitrogen and oxygen atoms in total. The van der Waals surface area contributed by atoms with Gasteiger partial charge in [0.25, 0.3) is 0 Å². The Morgan fingerprint density at radius 2 is 2.20 bits per heavy atom. The van der Waals surface area contributed by atoms with Crippen LogP contribution in [0.5, 0.6) is 0 Å². The van der Waals surface area contributed by atoms with Crippen molar-refractivity contribution >= 4 is 0 Å². The first kappa shape index (κ1) is 9.48. The Bertz CT molecular complexity index is 121. The lowest BCUT2D eigenvalue weighted by Gasteiger charge is -1.98. The van der Waals surface area contributed by atoms with Crippen LogP contribution in [0.2, 0.25) is 0 Å². The van der Waals surface area contributed by atoms with E-state index >= 15 is 0 Å². The van der Waals surface area contributed by atoms with Crippen molar-refractivity contribution in [1.82, 2.24) is 0 Å². The van der Waals surface area contributed by atoms with Crippen LogP contribution in [0.25, 0.3) is 0 Å². The molecule has 0 aromatic carbocycles. The largest absolute Gasteiger partial charge is 0.392 e. The Kier molecular flexibility index (Phi) is 6.25. The van der Waals surface area contributed by atoms with Crippen molar-refractivity contribution in [1.29, 1.82) is 0 Å². The third-order valence-corrected chi connectivity index (χ3v) is 1.15. The Hall–Kier alpha value is -0.520. The topological polar surface area (TPSA) is 29.5 Å². The molecule has 0 amide bonds. The van der Waals surface area contributed by atoms with E-state index in [0.717, 1.165) is 6.42 Å². The number of rotatable bonds is 3. The fraction of sp³-hybridized carbons (Fsp3) is 0.750. The summed E-state index contributed by atoms with van der Waals surface area (Å²) in [6.07, 6.45) is 1.05. The molecule has 0 saturated carbocycles. The number of ether oxygens (including phenoxy) is 1. The molecule has 1 atom stereocenters. The molecule has 2 heteroatoms.